The first-order chi connectivity index (χ1) is 13.4. The molecule has 0 unspecified atom stereocenters. The van der Waals surface area contributed by atoms with E-state index in [0.717, 1.165) is 28.3 Å². The number of amides is 1. The number of carbonyl (C=O) groups is 1. The normalized spacial score (nSPS) is 15.0. The Morgan fingerprint density at radius 3 is 2.18 bits per heavy atom. The molecule has 0 aromatic heterocycles. The molecule has 3 aromatic rings. The maximum atomic E-state index is 12.1. The van der Waals surface area contributed by atoms with Crippen molar-refractivity contribution in [2.45, 2.75) is 19.4 Å². The molecule has 4 rings (SSSR count). The molecular formula is C23H22N2O3. The summed E-state index contributed by atoms with van der Waals surface area (Å²) in [7, 11) is 1.71. The Morgan fingerprint density at radius 2 is 1.50 bits per heavy atom. The number of phenols is 1. The Labute approximate surface area is 164 Å². The number of carbonyl (C=O) groups excluding carboxylic acids is 1. The first kappa shape index (κ1) is 17.9. The van der Waals surface area contributed by atoms with E-state index in [-0.39, 0.29) is 11.8 Å². The summed E-state index contributed by atoms with van der Waals surface area (Å²) >= 11 is 0. The minimum Gasteiger partial charge on any atom is -0.508 e. The molecule has 1 N–H and O–H groups in total. The number of anilines is 4. The summed E-state index contributed by atoms with van der Waals surface area (Å²) in [6.45, 7) is 3.79. The Morgan fingerprint density at radius 1 is 0.893 bits per heavy atom. The molecule has 0 aliphatic carbocycles. The van der Waals surface area contributed by atoms with Gasteiger partial charge in [0.2, 0.25) is 0 Å². The fraction of sp³-hybridized carbons (Fsp3) is 0.174. The summed E-state index contributed by atoms with van der Waals surface area (Å²) in [6, 6.07) is 23.1. The summed E-state index contributed by atoms with van der Waals surface area (Å²) in [5.41, 5.74) is 3.90. The third kappa shape index (κ3) is 3.05. The molecule has 142 valence electrons. The molecule has 5 heteroatoms. The number of ether oxygens (including phenoxy) is 1. The highest BCUT2D eigenvalue weighted by Crippen LogP contribution is 2.43. The second kappa shape index (κ2) is 6.60. The van der Waals surface area contributed by atoms with Crippen LogP contribution in [0, 0.1) is 0 Å². The van der Waals surface area contributed by atoms with Crippen molar-refractivity contribution in [3.05, 3.63) is 78.4 Å². The van der Waals surface area contributed by atoms with Crippen LogP contribution >= 0.6 is 0 Å². The number of hydrogen-bond donors (Lipinski definition) is 1. The summed E-state index contributed by atoms with van der Waals surface area (Å²) in [6.07, 6.45) is -0.358. The van der Waals surface area contributed by atoms with E-state index in [0.29, 0.717) is 0 Å². The Kier molecular flexibility index (Phi) is 4.23. The number of hydrogen-bond acceptors (Lipinski definition) is 4. The van der Waals surface area contributed by atoms with Gasteiger partial charge in [-0.15, -0.1) is 0 Å². The third-order valence-corrected chi connectivity index (χ3v) is 4.99. The number of para-hydroxylation sites is 1. The summed E-state index contributed by atoms with van der Waals surface area (Å²) < 4.78 is 5.61. The topological polar surface area (TPSA) is 53.0 Å². The largest absolute Gasteiger partial charge is 0.508 e. The number of aromatic hydroxyl groups is 1. The van der Waals surface area contributed by atoms with Gasteiger partial charge in [0.05, 0.1) is 5.69 Å². The number of fused-ring (bicyclic) bond motifs is 1. The molecule has 1 heterocycles. The van der Waals surface area contributed by atoms with Crippen molar-refractivity contribution in [3.8, 4) is 5.75 Å². The van der Waals surface area contributed by atoms with Crippen LogP contribution in [-0.2, 0) is 10.3 Å². The van der Waals surface area contributed by atoms with Gasteiger partial charge in [0.15, 0.2) is 0 Å². The maximum absolute atomic E-state index is 12.1. The minimum absolute atomic E-state index is 0.219. The van der Waals surface area contributed by atoms with Gasteiger partial charge in [0.1, 0.15) is 11.4 Å². The van der Waals surface area contributed by atoms with Crippen LogP contribution in [0.4, 0.5) is 27.5 Å². The summed E-state index contributed by atoms with van der Waals surface area (Å²) in [4.78, 5) is 15.8. The molecule has 1 amide bonds. The van der Waals surface area contributed by atoms with Crippen molar-refractivity contribution < 1.29 is 14.6 Å². The smallest absolute Gasteiger partial charge is 0.414 e. The van der Waals surface area contributed by atoms with Gasteiger partial charge in [-0.2, -0.15) is 0 Å². The molecule has 0 bridgehead atoms. The highest BCUT2D eigenvalue weighted by molar-refractivity contribution is 5.92. The quantitative estimate of drug-likeness (QED) is 0.640. The number of phenolic OH excluding ortho intramolecular Hbond substituents is 1. The molecule has 3 aromatic carbocycles. The minimum atomic E-state index is -0.730. The first-order valence-corrected chi connectivity index (χ1v) is 9.12. The van der Waals surface area contributed by atoms with E-state index in [1.165, 1.54) is 4.90 Å². The molecule has 1 aliphatic rings. The maximum Gasteiger partial charge on any atom is 0.414 e. The molecule has 5 nitrogen and oxygen atoms in total. The zero-order valence-corrected chi connectivity index (χ0v) is 16.1. The lowest BCUT2D eigenvalue weighted by molar-refractivity contribution is 0.0362. The van der Waals surface area contributed by atoms with E-state index in [1.807, 2.05) is 68.4 Å². The predicted molar refractivity (Wildman–Crippen MR) is 111 cm³/mol. The van der Waals surface area contributed by atoms with Crippen molar-refractivity contribution in [1.82, 2.24) is 0 Å². The van der Waals surface area contributed by atoms with Gasteiger partial charge in [0, 0.05) is 29.7 Å². The lowest BCUT2D eigenvalue weighted by Crippen LogP contribution is -2.41. The van der Waals surface area contributed by atoms with E-state index in [1.54, 1.807) is 19.2 Å². The van der Waals surface area contributed by atoms with Crippen molar-refractivity contribution in [2.75, 3.05) is 16.8 Å². The summed E-state index contributed by atoms with van der Waals surface area (Å²) in [5, 5.41) is 9.69. The van der Waals surface area contributed by atoms with Crippen LogP contribution < -0.4 is 9.80 Å². The van der Waals surface area contributed by atoms with Gasteiger partial charge < -0.3 is 14.7 Å². The summed E-state index contributed by atoms with van der Waals surface area (Å²) in [5.74, 6) is 0.219. The van der Waals surface area contributed by atoms with Gasteiger partial charge in [0.25, 0.3) is 0 Å². The number of cyclic esters (lactones) is 1. The fourth-order valence-corrected chi connectivity index (χ4v) is 3.50. The number of nitrogens with zero attached hydrogens (tertiary/aromatic N) is 2. The van der Waals surface area contributed by atoms with Crippen LogP contribution in [0.25, 0.3) is 0 Å². The first-order valence-electron chi connectivity index (χ1n) is 9.12. The Bertz CT molecular complexity index is 1010. The van der Waals surface area contributed by atoms with E-state index >= 15 is 0 Å². The monoisotopic (exact) mass is 374 g/mol. The molecule has 0 saturated heterocycles. The second-order valence-corrected chi connectivity index (χ2v) is 7.33. The van der Waals surface area contributed by atoms with Gasteiger partial charge in [-0.25, -0.2) is 4.79 Å². The Hall–Kier alpha value is -3.47. The van der Waals surface area contributed by atoms with E-state index in [9.17, 15) is 9.90 Å². The lowest BCUT2D eigenvalue weighted by atomic mass is 9.93. The third-order valence-electron chi connectivity index (χ3n) is 4.99. The van der Waals surface area contributed by atoms with Gasteiger partial charge in [-0.1, -0.05) is 18.2 Å². The Balaban J connectivity index is 1.88. The lowest BCUT2D eigenvalue weighted by Gasteiger charge is -2.38. The van der Waals surface area contributed by atoms with Crippen LogP contribution in [0.15, 0.2) is 72.8 Å². The highest BCUT2D eigenvalue weighted by Gasteiger charge is 2.37. The molecule has 0 atom stereocenters. The van der Waals surface area contributed by atoms with E-state index in [4.69, 9.17) is 4.74 Å². The predicted octanol–water partition coefficient (Wildman–Crippen LogP) is 5.68. The van der Waals surface area contributed by atoms with Gasteiger partial charge >= 0.3 is 6.09 Å². The molecule has 28 heavy (non-hydrogen) atoms. The number of rotatable bonds is 3. The number of benzene rings is 3. The molecule has 0 radical (unpaired) electrons. The van der Waals surface area contributed by atoms with Crippen molar-refractivity contribution >= 4 is 28.8 Å². The van der Waals surface area contributed by atoms with E-state index in [2.05, 4.69) is 11.0 Å². The van der Waals surface area contributed by atoms with Crippen LogP contribution in [0.3, 0.4) is 0 Å². The zero-order chi connectivity index (χ0) is 19.9. The zero-order valence-electron chi connectivity index (χ0n) is 16.1. The fourth-order valence-electron chi connectivity index (χ4n) is 3.50. The molecule has 0 fully saturated rings. The second-order valence-electron chi connectivity index (χ2n) is 7.33. The molecule has 0 saturated carbocycles. The van der Waals surface area contributed by atoms with Crippen molar-refractivity contribution in [3.63, 3.8) is 0 Å². The van der Waals surface area contributed by atoms with E-state index < -0.39 is 5.60 Å². The van der Waals surface area contributed by atoms with Gasteiger partial charge in [-0.3, -0.25) is 4.90 Å². The molecular weight excluding hydrogens is 352 g/mol. The molecule has 1 aliphatic heterocycles. The average Bonchev–Trinajstić information content (AvgIpc) is 2.69. The van der Waals surface area contributed by atoms with Crippen molar-refractivity contribution in [2.24, 2.45) is 0 Å². The van der Waals surface area contributed by atoms with Crippen LogP contribution in [-0.4, -0.2) is 18.2 Å². The van der Waals surface area contributed by atoms with Crippen LogP contribution in [0.2, 0.25) is 0 Å². The highest BCUT2D eigenvalue weighted by atomic mass is 16.6. The van der Waals surface area contributed by atoms with Gasteiger partial charge in [-0.05, 0) is 68.4 Å². The standard InChI is InChI=1S/C23H22N2O3/c1-23(2)20-15-18(11-14-21(20)24(3)22(27)28-23)25(16-7-5-4-6-8-16)17-9-12-19(26)13-10-17/h4-15,26H,1-3H3. The molecule has 0 spiro atoms. The van der Waals surface area contributed by atoms with Crippen LogP contribution in [0.1, 0.15) is 19.4 Å². The van der Waals surface area contributed by atoms with Crippen LogP contribution in [0.5, 0.6) is 5.75 Å². The SMILES string of the molecule is CN1C(=O)OC(C)(C)c2cc(N(c3ccccc3)c3ccc(O)cc3)ccc21. The van der Waals surface area contributed by atoms with Crippen molar-refractivity contribution in [1.29, 1.82) is 0 Å². The average molecular weight is 374 g/mol.